The summed E-state index contributed by atoms with van der Waals surface area (Å²) in [7, 11) is 2.60. The molecule has 0 radical (unpaired) electrons. The number of halogens is 1. The van der Waals surface area contributed by atoms with E-state index >= 15 is 0 Å². The van der Waals surface area contributed by atoms with Gasteiger partial charge in [-0.25, -0.2) is 9.18 Å². The molecule has 3 rings (SSSR count). The molecule has 35 heavy (non-hydrogen) atoms. The summed E-state index contributed by atoms with van der Waals surface area (Å²) in [5.41, 5.74) is 13.7. The molecule has 10 heteroatoms. The van der Waals surface area contributed by atoms with Gasteiger partial charge in [-0.2, -0.15) is 0 Å². The predicted octanol–water partition coefficient (Wildman–Crippen LogP) is 0.848. The lowest BCUT2D eigenvalue weighted by Gasteiger charge is -2.30. The molecule has 3 atom stereocenters. The van der Waals surface area contributed by atoms with Crippen molar-refractivity contribution < 1.29 is 28.6 Å². The van der Waals surface area contributed by atoms with Crippen molar-refractivity contribution in [1.29, 1.82) is 0 Å². The van der Waals surface area contributed by atoms with Crippen LogP contribution < -0.4 is 16.8 Å². The summed E-state index contributed by atoms with van der Waals surface area (Å²) in [5.74, 6) is -2.44. The Labute approximate surface area is 203 Å². The maximum absolute atomic E-state index is 14.8. The predicted molar refractivity (Wildman–Crippen MR) is 128 cm³/mol. The Morgan fingerprint density at radius 2 is 1.83 bits per heavy atom. The van der Waals surface area contributed by atoms with E-state index in [1.807, 2.05) is 0 Å². The molecule has 6 N–H and O–H groups in total. The van der Waals surface area contributed by atoms with E-state index in [2.05, 4.69) is 5.32 Å². The van der Waals surface area contributed by atoms with Gasteiger partial charge in [0.1, 0.15) is 23.7 Å². The highest BCUT2D eigenvalue weighted by molar-refractivity contribution is 5.92. The molecule has 2 aromatic carbocycles. The second-order valence-corrected chi connectivity index (χ2v) is 8.64. The summed E-state index contributed by atoms with van der Waals surface area (Å²) in [6.07, 6.45) is 0.521. The van der Waals surface area contributed by atoms with Crippen LogP contribution in [0.15, 0.2) is 36.4 Å². The van der Waals surface area contributed by atoms with E-state index in [0.29, 0.717) is 23.1 Å². The first kappa shape index (κ1) is 26.1. The smallest absolute Gasteiger partial charge is 0.328 e. The van der Waals surface area contributed by atoms with E-state index < -0.39 is 41.7 Å². The SMILES string of the molecule is COC(=O)C1Cc2cc(ccc2F)-c2ccc(O)c(c2)CC(N)C(=O)N[C@@H](CCCN)C(=O)N1C. The topological polar surface area (TPSA) is 148 Å². The zero-order valence-corrected chi connectivity index (χ0v) is 19.8. The molecule has 0 aromatic heterocycles. The molecule has 188 valence electrons. The Kier molecular flexibility index (Phi) is 8.42. The number of ether oxygens (including phenoxy) is 1. The highest BCUT2D eigenvalue weighted by atomic mass is 19.1. The molecule has 0 saturated heterocycles. The Morgan fingerprint density at radius 3 is 2.49 bits per heavy atom. The molecule has 0 saturated carbocycles. The average molecular weight is 487 g/mol. The molecule has 0 spiro atoms. The normalized spacial score (nSPS) is 21.1. The number of esters is 1. The van der Waals surface area contributed by atoms with Gasteiger partial charge in [0.05, 0.1) is 13.2 Å². The van der Waals surface area contributed by atoms with Crippen molar-refractivity contribution in [3.63, 3.8) is 0 Å². The number of phenolic OH excluding ortho intramolecular Hbond substituents is 1. The van der Waals surface area contributed by atoms with Crippen molar-refractivity contribution in [2.75, 3.05) is 20.7 Å². The van der Waals surface area contributed by atoms with Crippen LogP contribution in [0.5, 0.6) is 5.75 Å². The largest absolute Gasteiger partial charge is 0.508 e. The molecule has 0 aliphatic carbocycles. The van der Waals surface area contributed by atoms with E-state index in [1.165, 1.54) is 26.3 Å². The fourth-order valence-corrected chi connectivity index (χ4v) is 4.15. The first-order valence-electron chi connectivity index (χ1n) is 11.4. The molecule has 2 aromatic rings. The molecule has 9 nitrogen and oxygen atoms in total. The lowest BCUT2D eigenvalue weighted by Crippen LogP contribution is -2.55. The molecule has 4 bridgehead atoms. The number of benzene rings is 2. The number of hydrogen-bond donors (Lipinski definition) is 4. The minimum atomic E-state index is -1.14. The first-order valence-corrected chi connectivity index (χ1v) is 11.4. The average Bonchev–Trinajstić information content (AvgIpc) is 2.85. The molecule has 1 aliphatic heterocycles. The zero-order valence-electron chi connectivity index (χ0n) is 19.8. The van der Waals surface area contributed by atoms with Crippen molar-refractivity contribution in [1.82, 2.24) is 10.2 Å². The van der Waals surface area contributed by atoms with Crippen molar-refractivity contribution in [3.05, 3.63) is 53.3 Å². The third-order valence-corrected chi connectivity index (χ3v) is 6.25. The summed E-state index contributed by atoms with van der Waals surface area (Å²) < 4.78 is 19.7. The lowest BCUT2D eigenvalue weighted by molar-refractivity contribution is -0.152. The van der Waals surface area contributed by atoms with Gasteiger partial charge < -0.3 is 31.5 Å². The minimum absolute atomic E-state index is 0.0119. The summed E-state index contributed by atoms with van der Waals surface area (Å²) in [6.45, 7) is 0.286. The number of hydrogen-bond acceptors (Lipinski definition) is 7. The van der Waals surface area contributed by atoms with Gasteiger partial charge in [0, 0.05) is 19.9 Å². The van der Waals surface area contributed by atoms with E-state index in [9.17, 15) is 23.9 Å². The van der Waals surface area contributed by atoms with Crippen LogP contribution >= 0.6 is 0 Å². The number of phenols is 1. The molecule has 2 amide bonds. The number of rotatable bonds is 4. The molecule has 0 fully saturated rings. The Morgan fingerprint density at radius 1 is 1.17 bits per heavy atom. The summed E-state index contributed by atoms with van der Waals surface area (Å²) in [4.78, 5) is 40.1. The van der Waals surface area contributed by atoms with Crippen LogP contribution in [0.3, 0.4) is 0 Å². The van der Waals surface area contributed by atoms with E-state index in [4.69, 9.17) is 16.2 Å². The fraction of sp³-hybridized carbons (Fsp3) is 0.400. The van der Waals surface area contributed by atoms with Gasteiger partial charge in [-0.3, -0.25) is 9.59 Å². The van der Waals surface area contributed by atoms with Gasteiger partial charge in [-0.15, -0.1) is 0 Å². The van der Waals surface area contributed by atoms with Crippen LogP contribution in [-0.2, 0) is 32.0 Å². The zero-order chi connectivity index (χ0) is 25.7. The second kappa shape index (κ2) is 11.3. The van der Waals surface area contributed by atoms with Gasteiger partial charge >= 0.3 is 5.97 Å². The van der Waals surface area contributed by atoms with Crippen LogP contribution in [0.25, 0.3) is 11.1 Å². The minimum Gasteiger partial charge on any atom is -0.508 e. The highest BCUT2D eigenvalue weighted by Crippen LogP contribution is 2.29. The number of methoxy groups -OCH3 is 1. The Balaban J connectivity index is 2.14. The number of carbonyl (C=O) groups excluding carboxylic acids is 3. The number of aromatic hydroxyl groups is 1. The van der Waals surface area contributed by atoms with E-state index in [0.717, 1.165) is 4.90 Å². The number of amides is 2. The number of nitrogens with one attached hydrogen (secondary N) is 1. The second-order valence-electron chi connectivity index (χ2n) is 8.64. The summed E-state index contributed by atoms with van der Waals surface area (Å²) >= 11 is 0. The number of nitrogens with zero attached hydrogens (tertiary/aromatic N) is 1. The van der Waals surface area contributed by atoms with Crippen molar-refractivity contribution in [3.8, 4) is 16.9 Å². The number of nitrogens with two attached hydrogens (primary N) is 2. The molecule has 1 aliphatic rings. The number of likely N-dealkylation sites (N-methyl/N-ethyl adjacent to an activating group) is 1. The van der Waals surface area contributed by atoms with E-state index in [1.54, 1.807) is 24.3 Å². The van der Waals surface area contributed by atoms with Gasteiger partial charge in [0.25, 0.3) is 0 Å². The molecular weight excluding hydrogens is 455 g/mol. The van der Waals surface area contributed by atoms with Gasteiger partial charge in [-0.05, 0) is 65.9 Å². The highest BCUT2D eigenvalue weighted by Gasteiger charge is 2.34. The number of fused-ring (bicyclic) bond motifs is 5. The maximum atomic E-state index is 14.8. The quantitative estimate of drug-likeness (QED) is 0.468. The lowest BCUT2D eigenvalue weighted by atomic mass is 9.95. The molecule has 2 unspecified atom stereocenters. The van der Waals surface area contributed by atoms with Crippen molar-refractivity contribution in [2.24, 2.45) is 11.5 Å². The third-order valence-electron chi connectivity index (χ3n) is 6.25. The van der Waals surface area contributed by atoms with Crippen LogP contribution in [0, 0.1) is 5.82 Å². The Bertz CT molecular complexity index is 1110. The van der Waals surface area contributed by atoms with Crippen LogP contribution in [0.1, 0.15) is 24.0 Å². The Hall–Kier alpha value is -3.50. The summed E-state index contributed by atoms with van der Waals surface area (Å²) in [6, 6.07) is 6.08. The summed E-state index contributed by atoms with van der Waals surface area (Å²) in [5, 5.41) is 13.0. The van der Waals surface area contributed by atoms with Crippen molar-refractivity contribution >= 4 is 17.8 Å². The first-order chi connectivity index (χ1) is 16.7. The van der Waals surface area contributed by atoms with E-state index in [-0.39, 0.29) is 37.1 Å². The molecular formula is C25H31FN4O5. The fourth-order valence-electron chi connectivity index (χ4n) is 4.15. The van der Waals surface area contributed by atoms with Crippen LogP contribution in [0.2, 0.25) is 0 Å². The molecule has 1 heterocycles. The maximum Gasteiger partial charge on any atom is 0.328 e. The van der Waals surface area contributed by atoms with Gasteiger partial charge in [0.15, 0.2) is 0 Å². The monoisotopic (exact) mass is 486 g/mol. The van der Waals surface area contributed by atoms with Gasteiger partial charge in [-0.1, -0.05) is 12.1 Å². The number of carbonyl (C=O) groups is 3. The van der Waals surface area contributed by atoms with Gasteiger partial charge in [0.2, 0.25) is 11.8 Å². The third kappa shape index (κ3) is 5.95. The van der Waals surface area contributed by atoms with Crippen LogP contribution in [-0.4, -0.2) is 66.6 Å². The van der Waals surface area contributed by atoms with Crippen LogP contribution in [0.4, 0.5) is 4.39 Å². The van der Waals surface area contributed by atoms with Crippen molar-refractivity contribution in [2.45, 2.75) is 43.8 Å². The standard InChI is InChI=1S/C25H31FN4O5/c1-30-21(25(34)35-2)13-16-10-14(5-7-18(16)26)15-6-8-22(31)17(11-15)12-19(28)23(32)29-20(24(30)33)4-3-9-27/h5-8,10-11,19-21,31H,3-4,9,12-13,27-28H2,1-2H3,(H,29,32)/t19?,20-,21?/m0/s1.